The van der Waals surface area contributed by atoms with E-state index in [0.29, 0.717) is 11.1 Å². The van der Waals surface area contributed by atoms with E-state index in [1.165, 1.54) is 30.4 Å². The van der Waals surface area contributed by atoms with Crippen molar-refractivity contribution >= 4 is 28.4 Å². The van der Waals surface area contributed by atoms with Crippen molar-refractivity contribution in [2.24, 2.45) is 0 Å². The average molecular weight is 308 g/mol. The van der Waals surface area contributed by atoms with Gasteiger partial charge in [0.15, 0.2) is 11.5 Å². The van der Waals surface area contributed by atoms with Gasteiger partial charge in [-0.1, -0.05) is 30.3 Å². The number of nitro groups is 1. The minimum Gasteiger partial charge on any atom is -0.502 e. The lowest BCUT2D eigenvalue weighted by atomic mass is 10.1. The molecule has 0 unspecified atom stereocenters. The predicted molar refractivity (Wildman–Crippen MR) is 86.4 cm³/mol. The molecule has 6 heteroatoms. The normalized spacial score (nSPS) is 11.1. The lowest BCUT2D eigenvalue weighted by Crippen LogP contribution is -1.92. The molecule has 0 aliphatic heterocycles. The molecule has 0 radical (unpaired) electrons. The minimum absolute atomic E-state index is 0.210. The lowest BCUT2D eigenvalue weighted by molar-refractivity contribution is -0.385. The number of rotatable bonds is 4. The monoisotopic (exact) mass is 308 g/mol. The molecule has 0 saturated carbocycles. The number of para-hydroxylation sites is 1. The van der Waals surface area contributed by atoms with Crippen LogP contribution < -0.4 is 0 Å². The maximum absolute atomic E-state index is 12.3. The van der Waals surface area contributed by atoms with E-state index in [1.807, 2.05) is 24.3 Å². The smallest absolute Gasteiger partial charge is 0.311 e. The number of phenols is 1. The second kappa shape index (κ2) is 5.76. The fourth-order valence-electron chi connectivity index (χ4n) is 2.33. The zero-order chi connectivity index (χ0) is 16.4. The second-order valence-electron chi connectivity index (χ2n) is 4.95. The number of carbonyl (C=O) groups excluding carboxylic acids is 1. The van der Waals surface area contributed by atoms with Gasteiger partial charge in [0.1, 0.15) is 0 Å². The topological polar surface area (TPSA) is 96.2 Å². The largest absolute Gasteiger partial charge is 0.502 e. The Balaban J connectivity index is 1.89. The molecule has 0 atom stereocenters. The number of hydrogen-bond acceptors (Lipinski definition) is 4. The first-order valence-electron chi connectivity index (χ1n) is 6.82. The Bertz CT molecular complexity index is 941. The summed E-state index contributed by atoms with van der Waals surface area (Å²) in [5, 5.41) is 21.0. The number of H-pyrrole nitrogens is 1. The van der Waals surface area contributed by atoms with Gasteiger partial charge in [0.05, 0.1) is 4.92 Å². The first-order valence-corrected chi connectivity index (χ1v) is 6.82. The number of phenolic OH excluding ortho intramolecular Hbond substituents is 1. The Morgan fingerprint density at radius 1 is 1.22 bits per heavy atom. The number of fused-ring (bicyclic) bond motifs is 1. The quantitative estimate of drug-likeness (QED) is 0.332. The SMILES string of the molecule is O=C(/C=C/c1ccc(O)c([N+](=O)[O-])c1)c1c[nH]c2ccccc12. The highest BCUT2D eigenvalue weighted by molar-refractivity contribution is 6.14. The summed E-state index contributed by atoms with van der Waals surface area (Å²) in [7, 11) is 0. The number of aromatic amines is 1. The first kappa shape index (κ1) is 14.5. The number of nitrogens with zero attached hydrogens (tertiary/aromatic N) is 1. The van der Waals surface area contributed by atoms with Gasteiger partial charge in [0.25, 0.3) is 0 Å². The van der Waals surface area contributed by atoms with Crippen molar-refractivity contribution in [3.8, 4) is 5.75 Å². The van der Waals surface area contributed by atoms with Gasteiger partial charge in [-0.15, -0.1) is 0 Å². The van der Waals surface area contributed by atoms with Crippen molar-refractivity contribution < 1.29 is 14.8 Å². The van der Waals surface area contributed by atoms with E-state index in [2.05, 4.69) is 4.98 Å². The van der Waals surface area contributed by atoms with E-state index >= 15 is 0 Å². The number of benzene rings is 2. The van der Waals surface area contributed by atoms with Crippen LogP contribution in [-0.2, 0) is 0 Å². The van der Waals surface area contributed by atoms with E-state index in [1.54, 1.807) is 6.20 Å². The Hall–Kier alpha value is -3.41. The van der Waals surface area contributed by atoms with Crippen LogP contribution in [0, 0.1) is 10.1 Å². The Morgan fingerprint density at radius 2 is 2.00 bits per heavy atom. The molecule has 0 fully saturated rings. The highest BCUT2D eigenvalue weighted by Gasteiger charge is 2.13. The number of carbonyl (C=O) groups is 1. The van der Waals surface area contributed by atoms with Gasteiger partial charge in [0, 0.05) is 28.7 Å². The summed E-state index contributed by atoms with van der Waals surface area (Å²) in [6.07, 6.45) is 4.47. The fraction of sp³-hybridized carbons (Fsp3) is 0. The summed E-state index contributed by atoms with van der Waals surface area (Å²) in [6, 6.07) is 11.4. The van der Waals surface area contributed by atoms with Crippen molar-refractivity contribution in [3.63, 3.8) is 0 Å². The Labute approximate surface area is 130 Å². The minimum atomic E-state index is -0.672. The number of allylic oxidation sites excluding steroid dienone is 1. The average Bonchev–Trinajstić information content (AvgIpc) is 2.97. The van der Waals surface area contributed by atoms with Gasteiger partial charge in [-0.05, 0) is 23.8 Å². The van der Waals surface area contributed by atoms with Crippen LogP contribution in [0.15, 0.2) is 54.7 Å². The maximum atomic E-state index is 12.3. The van der Waals surface area contributed by atoms with E-state index in [-0.39, 0.29) is 5.78 Å². The Morgan fingerprint density at radius 3 is 2.78 bits per heavy atom. The molecular formula is C17H12N2O4. The number of ketones is 1. The van der Waals surface area contributed by atoms with Crippen LogP contribution in [0.4, 0.5) is 5.69 Å². The molecule has 3 aromatic rings. The van der Waals surface area contributed by atoms with Crippen molar-refractivity contribution in [2.45, 2.75) is 0 Å². The molecule has 23 heavy (non-hydrogen) atoms. The lowest BCUT2D eigenvalue weighted by Gasteiger charge is -1.98. The summed E-state index contributed by atoms with van der Waals surface area (Å²) in [6.45, 7) is 0. The van der Waals surface area contributed by atoms with Crippen LogP contribution in [0.1, 0.15) is 15.9 Å². The van der Waals surface area contributed by atoms with E-state index in [0.717, 1.165) is 10.9 Å². The van der Waals surface area contributed by atoms with E-state index in [4.69, 9.17) is 0 Å². The van der Waals surface area contributed by atoms with Crippen molar-refractivity contribution in [1.29, 1.82) is 0 Å². The number of aromatic nitrogens is 1. The highest BCUT2D eigenvalue weighted by atomic mass is 16.6. The number of nitro benzene ring substituents is 1. The molecule has 0 amide bonds. The molecule has 0 saturated heterocycles. The zero-order valence-electron chi connectivity index (χ0n) is 11.9. The van der Waals surface area contributed by atoms with Gasteiger partial charge in [-0.25, -0.2) is 0 Å². The molecule has 1 heterocycles. The molecule has 2 N–H and O–H groups in total. The van der Waals surface area contributed by atoms with Crippen LogP contribution in [0.2, 0.25) is 0 Å². The summed E-state index contributed by atoms with van der Waals surface area (Å²) < 4.78 is 0. The summed E-state index contributed by atoms with van der Waals surface area (Å²) in [4.78, 5) is 25.4. The second-order valence-corrected chi connectivity index (χ2v) is 4.95. The molecule has 6 nitrogen and oxygen atoms in total. The Kier molecular flexibility index (Phi) is 3.64. The molecule has 114 valence electrons. The van der Waals surface area contributed by atoms with Crippen LogP contribution in [0.3, 0.4) is 0 Å². The van der Waals surface area contributed by atoms with Gasteiger partial charge >= 0.3 is 5.69 Å². The van der Waals surface area contributed by atoms with Crippen LogP contribution >= 0.6 is 0 Å². The van der Waals surface area contributed by atoms with Crippen LogP contribution in [0.25, 0.3) is 17.0 Å². The van der Waals surface area contributed by atoms with Gasteiger partial charge in [0.2, 0.25) is 0 Å². The van der Waals surface area contributed by atoms with Crippen molar-refractivity contribution in [3.05, 3.63) is 76.0 Å². The van der Waals surface area contributed by atoms with Crippen molar-refractivity contribution in [2.75, 3.05) is 0 Å². The molecule has 0 bridgehead atoms. The summed E-state index contributed by atoms with van der Waals surface area (Å²) >= 11 is 0. The summed E-state index contributed by atoms with van der Waals surface area (Å²) in [5.41, 5.74) is 1.46. The standard InChI is InChI=1S/C17H12N2O4/c20-16(13-10-18-14-4-2-1-3-12(13)14)7-5-11-6-8-17(21)15(9-11)19(22)23/h1-10,18,21H/b7-5+. The zero-order valence-corrected chi connectivity index (χ0v) is 11.9. The van der Waals surface area contributed by atoms with E-state index < -0.39 is 16.4 Å². The molecule has 3 rings (SSSR count). The molecular weight excluding hydrogens is 296 g/mol. The third kappa shape index (κ3) is 2.82. The number of aromatic hydroxyl groups is 1. The van der Waals surface area contributed by atoms with Crippen LogP contribution in [0.5, 0.6) is 5.75 Å². The van der Waals surface area contributed by atoms with Gasteiger partial charge < -0.3 is 10.1 Å². The fourth-order valence-corrected chi connectivity index (χ4v) is 2.33. The third-order valence-corrected chi connectivity index (χ3v) is 3.48. The van der Waals surface area contributed by atoms with Gasteiger partial charge in [-0.3, -0.25) is 14.9 Å². The first-order chi connectivity index (χ1) is 11.1. The van der Waals surface area contributed by atoms with E-state index in [9.17, 15) is 20.0 Å². The van der Waals surface area contributed by atoms with Crippen molar-refractivity contribution in [1.82, 2.24) is 4.98 Å². The molecule has 2 aromatic carbocycles. The maximum Gasteiger partial charge on any atom is 0.311 e. The third-order valence-electron chi connectivity index (χ3n) is 3.48. The van der Waals surface area contributed by atoms with Crippen LogP contribution in [-0.4, -0.2) is 20.8 Å². The number of nitrogens with one attached hydrogen (secondary N) is 1. The molecule has 0 aliphatic carbocycles. The predicted octanol–water partition coefficient (Wildman–Crippen LogP) is 3.68. The molecule has 0 aliphatic rings. The molecule has 0 spiro atoms. The van der Waals surface area contributed by atoms with Gasteiger partial charge in [-0.2, -0.15) is 0 Å². The highest BCUT2D eigenvalue weighted by Crippen LogP contribution is 2.27. The summed E-state index contributed by atoms with van der Waals surface area (Å²) in [5.74, 6) is -0.617. The molecule has 1 aromatic heterocycles. The number of hydrogen-bond donors (Lipinski definition) is 2.